The van der Waals surface area contributed by atoms with Gasteiger partial charge in [-0.2, -0.15) is 0 Å². The zero-order valence-electron chi connectivity index (χ0n) is 32.6. The summed E-state index contributed by atoms with van der Waals surface area (Å²) in [4.78, 5) is 63.3. The predicted octanol–water partition coefficient (Wildman–Crippen LogP) is 8.63. The number of nitrogens with zero attached hydrogens (tertiary/aromatic N) is 3. The number of Topliss-reactive ketones (excluding diaryl/α,β-unsaturated/α-hetero) is 1. The third-order valence-corrected chi connectivity index (χ3v) is 9.60. The Kier molecular flexibility index (Phi) is 18.5. The molecule has 52 heavy (non-hydrogen) atoms. The number of methoxy groups -OCH3 is 1. The predicted molar refractivity (Wildman–Crippen MR) is 209 cm³/mol. The topological polar surface area (TPSA) is 130 Å². The van der Waals surface area contributed by atoms with Gasteiger partial charge in [-0.25, -0.2) is 14.6 Å². The first-order chi connectivity index (χ1) is 25.2. The molecule has 1 aromatic heterocycles. The third kappa shape index (κ3) is 12.8. The van der Waals surface area contributed by atoms with Gasteiger partial charge >= 0.3 is 12.0 Å². The van der Waals surface area contributed by atoms with Gasteiger partial charge < -0.3 is 25.0 Å². The lowest BCUT2D eigenvalue weighted by Gasteiger charge is -2.32. The average Bonchev–Trinajstić information content (AvgIpc) is 3.99. The highest BCUT2D eigenvalue weighted by molar-refractivity contribution is 6.19. The Balaban J connectivity index is 1.79. The summed E-state index contributed by atoms with van der Waals surface area (Å²) in [6.07, 6.45) is 14.7. The standard InChI is InChI=1S/C41H63N5O6/c1-7-11-13-14-15-16-17-18-19-20-28-52-40(49)32-23-25-35(51-6)33(29-32)44-39(48)37(38(47)31-21-22-31)46(41(50)42-27-12-8-2)34-24-26-36(43-30(34)5)45(9-3)10-4/h23-26,29,31,37H,7-22,27-28H2,1-6H3,(H,42,50)(H,44,48). The van der Waals surface area contributed by atoms with E-state index in [2.05, 4.69) is 22.5 Å². The Labute approximate surface area is 311 Å². The van der Waals surface area contributed by atoms with E-state index in [-0.39, 0.29) is 23.0 Å². The molecular formula is C41H63N5O6. The van der Waals surface area contributed by atoms with Crippen LogP contribution in [-0.4, -0.2) is 68.1 Å². The Bertz CT molecular complexity index is 1440. The monoisotopic (exact) mass is 721 g/mol. The smallest absolute Gasteiger partial charge is 0.338 e. The number of carbonyl (C=O) groups is 4. The molecular weight excluding hydrogens is 658 g/mol. The van der Waals surface area contributed by atoms with Crippen molar-refractivity contribution < 1.29 is 28.7 Å². The second-order valence-corrected chi connectivity index (χ2v) is 13.7. The van der Waals surface area contributed by atoms with Crippen LogP contribution in [-0.2, 0) is 14.3 Å². The summed E-state index contributed by atoms with van der Waals surface area (Å²) in [7, 11) is 1.46. The Morgan fingerprint density at radius 1 is 0.846 bits per heavy atom. The highest BCUT2D eigenvalue weighted by atomic mass is 16.5. The molecule has 1 aliphatic rings. The first-order valence-electron chi connectivity index (χ1n) is 19.7. The minimum atomic E-state index is -1.48. The van der Waals surface area contributed by atoms with Gasteiger partial charge in [0.2, 0.25) is 0 Å². The van der Waals surface area contributed by atoms with Crippen LogP contribution in [0, 0.1) is 12.8 Å². The highest BCUT2D eigenvalue weighted by Crippen LogP contribution is 2.35. The lowest BCUT2D eigenvalue weighted by molar-refractivity contribution is -0.128. The summed E-state index contributed by atoms with van der Waals surface area (Å²) in [6, 6.07) is 6.19. The number of amides is 3. The van der Waals surface area contributed by atoms with Crippen molar-refractivity contribution in [1.29, 1.82) is 0 Å². The quantitative estimate of drug-likeness (QED) is 0.0592. The minimum Gasteiger partial charge on any atom is -0.495 e. The fraction of sp³-hybridized carbons (Fsp3) is 0.634. The maximum Gasteiger partial charge on any atom is 0.338 e. The van der Waals surface area contributed by atoms with Crippen molar-refractivity contribution in [3.63, 3.8) is 0 Å². The second kappa shape index (κ2) is 22.7. The fourth-order valence-corrected chi connectivity index (χ4v) is 6.28. The van der Waals surface area contributed by atoms with E-state index in [0.29, 0.717) is 43.1 Å². The van der Waals surface area contributed by atoms with E-state index in [1.807, 2.05) is 26.8 Å². The van der Waals surface area contributed by atoms with Crippen LogP contribution in [0.4, 0.5) is 22.0 Å². The van der Waals surface area contributed by atoms with Gasteiger partial charge in [-0.1, -0.05) is 78.1 Å². The summed E-state index contributed by atoms with van der Waals surface area (Å²) in [6.45, 7) is 12.3. The molecule has 0 saturated heterocycles. The molecule has 1 aliphatic carbocycles. The van der Waals surface area contributed by atoms with Crippen molar-refractivity contribution in [3.8, 4) is 5.75 Å². The number of ketones is 1. The molecule has 1 atom stereocenters. The van der Waals surface area contributed by atoms with Crippen LogP contribution in [0.15, 0.2) is 30.3 Å². The van der Waals surface area contributed by atoms with Crippen molar-refractivity contribution in [2.24, 2.45) is 5.92 Å². The number of hydrogen-bond acceptors (Lipinski definition) is 8. The van der Waals surface area contributed by atoms with E-state index in [1.165, 1.54) is 63.0 Å². The molecule has 11 nitrogen and oxygen atoms in total. The molecule has 1 unspecified atom stereocenters. The molecule has 0 spiro atoms. The third-order valence-electron chi connectivity index (χ3n) is 9.60. The number of aryl methyl sites for hydroxylation is 1. The van der Waals surface area contributed by atoms with Crippen molar-refractivity contribution in [3.05, 3.63) is 41.6 Å². The molecule has 11 heteroatoms. The van der Waals surface area contributed by atoms with Crippen LogP contribution >= 0.6 is 0 Å². The van der Waals surface area contributed by atoms with Crippen molar-refractivity contribution in [1.82, 2.24) is 10.3 Å². The molecule has 2 aromatic rings. The first-order valence-corrected chi connectivity index (χ1v) is 19.7. The molecule has 3 amide bonds. The van der Waals surface area contributed by atoms with Gasteiger partial charge in [0.25, 0.3) is 5.91 Å². The second-order valence-electron chi connectivity index (χ2n) is 13.7. The fourth-order valence-electron chi connectivity index (χ4n) is 6.28. The van der Waals surface area contributed by atoms with E-state index in [0.717, 1.165) is 51.0 Å². The number of unbranched alkanes of at least 4 members (excludes halogenated alkanes) is 10. The number of benzene rings is 1. The summed E-state index contributed by atoms with van der Waals surface area (Å²) >= 11 is 0. The molecule has 0 bridgehead atoms. The van der Waals surface area contributed by atoms with Gasteiger partial charge in [0.05, 0.1) is 36.3 Å². The number of pyridine rings is 1. The number of nitrogens with one attached hydrogen (secondary N) is 2. The van der Waals surface area contributed by atoms with Crippen LogP contribution in [0.1, 0.15) is 134 Å². The van der Waals surface area contributed by atoms with Crippen LogP contribution in [0.25, 0.3) is 0 Å². The Morgan fingerprint density at radius 2 is 1.48 bits per heavy atom. The summed E-state index contributed by atoms with van der Waals surface area (Å²) < 4.78 is 11.1. The van der Waals surface area contributed by atoms with Gasteiger partial charge in [-0.05, 0) is 76.8 Å². The van der Waals surface area contributed by atoms with Gasteiger partial charge in [0.15, 0.2) is 11.8 Å². The SMILES string of the molecule is CCCCCCCCCCCCOC(=O)c1ccc(OC)c(NC(=O)C(C(=O)C2CC2)N(C(=O)NCCCC)c2ccc(N(CC)CC)nc2C)c1. The van der Waals surface area contributed by atoms with Crippen molar-refractivity contribution >= 4 is 40.9 Å². The highest BCUT2D eigenvalue weighted by Gasteiger charge is 2.44. The van der Waals surface area contributed by atoms with Crippen molar-refractivity contribution in [2.75, 3.05) is 48.5 Å². The number of urea groups is 1. The number of rotatable bonds is 25. The van der Waals surface area contributed by atoms with E-state index in [1.54, 1.807) is 25.1 Å². The van der Waals surface area contributed by atoms with E-state index in [9.17, 15) is 19.2 Å². The van der Waals surface area contributed by atoms with Gasteiger partial charge in [-0.15, -0.1) is 0 Å². The van der Waals surface area contributed by atoms with Crippen LogP contribution in [0.2, 0.25) is 0 Å². The first kappa shape index (κ1) is 42.3. The van der Waals surface area contributed by atoms with Crippen LogP contribution in [0.5, 0.6) is 5.75 Å². The molecule has 1 fully saturated rings. The molecule has 1 saturated carbocycles. The number of hydrogen-bond donors (Lipinski definition) is 2. The zero-order chi connectivity index (χ0) is 37.9. The molecule has 0 radical (unpaired) electrons. The van der Waals surface area contributed by atoms with Crippen molar-refractivity contribution in [2.45, 2.75) is 131 Å². The lowest BCUT2D eigenvalue weighted by atomic mass is 10.0. The molecule has 288 valence electrons. The molecule has 0 aliphatic heterocycles. The number of esters is 1. The Morgan fingerprint density at radius 3 is 2.06 bits per heavy atom. The van der Waals surface area contributed by atoms with E-state index < -0.39 is 23.9 Å². The largest absolute Gasteiger partial charge is 0.495 e. The van der Waals surface area contributed by atoms with E-state index in [4.69, 9.17) is 14.5 Å². The van der Waals surface area contributed by atoms with Gasteiger partial charge in [0, 0.05) is 25.6 Å². The number of ether oxygens (including phenoxy) is 2. The van der Waals surface area contributed by atoms with Crippen LogP contribution in [0.3, 0.4) is 0 Å². The molecule has 2 N–H and O–H groups in total. The Hall–Kier alpha value is -4.15. The van der Waals surface area contributed by atoms with Gasteiger partial charge in [-0.3, -0.25) is 14.5 Å². The van der Waals surface area contributed by atoms with Gasteiger partial charge in [0.1, 0.15) is 11.6 Å². The molecule has 3 rings (SSSR count). The molecule has 1 heterocycles. The normalized spacial score (nSPS) is 12.9. The summed E-state index contributed by atoms with van der Waals surface area (Å²) in [5.41, 5.74) is 1.33. The minimum absolute atomic E-state index is 0.201. The number of aromatic nitrogens is 1. The number of anilines is 3. The van der Waals surface area contributed by atoms with Crippen LogP contribution < -0.4 is 25.2 Å². The summed E-state index contributed by atoms with van der Waals surface area (Å²) in [5.74, 6) is -0.845. The average molecular weight is 722 g/mol. The maximum atomic E-state index is 14.3. The summed E-state index contributed by atoms with van der Waals surface area (Å²) in [5, 5.41) is 5.74. The molecule has 1 aromatic carbocycles. The zero-order valence-corrected chi connectivity index (χ0v) is 32.6. The van der Waals surface area contributed by atoms with E-state index >= 15 is 0 Å². The number of carbonyl (C=O) groups excluding carboxylic acids is 4. The lowest BCUT2D eigenvalue weighted by Crippen LogP contribution is -2.56. The maximum absolute atomic E-state index is 14.3.